The molecule has 5 heteroatoms. The van der Waals surface area contributed by atoms with E-state index in [1.165, 1.54) is 18.4 Å². The highest BCUT2D eigenvalue weighted by Gasteiger charge is 2.21. The Morgan fingerprint density at radius 3 is 2.67 bits per heavy atom. The average molecular weight is 327 g/mol. The van der Waals surface area contributed by atoms with Gasteiger partial charge in [0, 0.05) is 26.3 Å². The van der Waals surface area contributed by atoms with E-state index in [1.54, 1.807) is 20.5 Å². The Morgan fingerprint density at radius 2 is 1.92 bits per heavy atom. The maximum Gasteiger partial charge on any atom is 0.132 e. The summed E-state index contributed by atoms with van der Waals surface area (Å²) >= 11 is 0. The first kappa shape index (κ1) is 16.7. The summed E-state index contributed by atoms with van der Waals surface area (Å²) in [7, 11) is 3.43. The van der Waals surface area contributed by atoms with Gasteiger partial charge in [-0.3, -0.25) is 0 Å². The molecule has 128 valence electrons. The molecule has 0 radical (unpaired) electrons. The number of anilines is 1. The molecule has 3 rings (SSSR count). The van der Waals surface area contributed by atoms with Gasteiger partial charge in [-0.1, -0.05) is 18.2 Å². The van der Waals surface area contributed by atoms with Crippen LogP contribution in [0.1, 0.15) is 24.1 Å². The largest absolute Gasteiger partial charge is 0.496 e. The standard InChI is InChI=1S/C19H25N3O2/c1-23-13-17-12-19(21-14-20-17)22-9-7-15(8-10-22)11-16-5-3-4-6-18(16)24-2/h3-6,12,14-15H,7-11,13H2,1-2H3. The molecular weight excluding hydrogens is 302 g/mol. The summed E-state index contributed by atoms with van der Waals surface area (Å²) in [6.45, 7) is 2.59. The van der Waals surface area contributed by atoms with E-state index in [2.05, 4.69) is 27.0 Å². The second kappa shape index (κ2) is 8.11. The van der Waals surface area contributed by atoms with Crippen molar-refractivity contribution in [2.45, 2.75) is 25.9 Å². The molecular formula is C19H25N3O2. The predicted molar refractivity (Wildman–Crippen MR) is 94.4 cm³/mol. The van der Waals surface area contributed by atoms with Gasteiger partial charge in [0.05, 0.1) is 19.4 Å². The van der Waals surface area contributed by atoms with Crippen LogP contribution in [0.5, 0.6) is 5.75 Å². The Bertz CT molecular complexity index is 655. The fraction of sp³-hybridized carbons (Fsp3) is 0.474. The fourth-order valence-electron chi connectivity index (χ4n) is 3.33. The second-order valence-corrected chi connectivity index (χ2v) is 6.25. The van der Waals surface area contributed by atoms with E-state index in [0.29, 0.717) is 12.5 Å². The zero-order valence-electron chi connectivity index (χ0n) is 14.4. The topological polar surface area (TPSA) is 47.5 Å². The quantitative estimate of drug-likeness (QED) is 0.816. The Hall–Kier alpha value is -2.14. The molecule has 1 aliphatic rings. The van der Waals surface area contributed by atoms with Gasteiger partial charge in [-0.2, -0.15) is 0 Å². The molecule has 1 aromatic heterocycles. The molecule has 0 bridgehead atoms. The first-order valence-electron chi connectivity index (χ1n) is 8.47. The van der Waals surface area contributed by atoms with E-state index in [9.17, 15) is 0 Å². The zero-order valence-corrected chi connectivity index (χ0v) is 14.4. The first-order chi connectivity index (χ1) is 11.8. The number of para-hydroxylation sites is 1. The third-order valence-corrected chi connectivity index (χ3v) is 4.64. The molecule has 0 aliphatic carbocycles. The highest BCUT2D eigenvalue weighted by molar-refractivity contribution is 5.39. The highest BCUT2D eigenvalue weighted by Crippen LogP contribution is 2.28. The molecule has 5 nitrogen and oxygen atoms in total. The molecule has 2 heterocycles. The van der Waals surface area contributed by atoms with Crippen molar-refractivity contribution in [2.24, 2.45) is 5.92 Å². The smallest absolute Gasteiger partial charge is 0.132 e. The van der Waals surface area contributed by atoms with Crippen molar-refractivity contribution in [3.63, 3.8) is 0 Å². The monoisotopic (exact) mass is 327 g/mol. The van der Waals surface area contributed by atoms with Gasteiger partial charge in [0.2, 0.25) is 0 Å². The first-order valence-corrected chi connectivity index (χ1v) is 8.47. The summed E-state index contributed by atoms with van der Waals surface area (Å²) in [6.07, 6.45) is 5.05. The van der Waals surface area contributed by atoms with Gasteiger partial charge in [-0.25, -0.2) is 9.97 Å². The van der Waals surface area contributed by atoms with Crippen LogP contribution in [0.4, 0.5) is 5.82 Å². The van der Waals surface area contributed by atoms with E-state index >= 15 is 0 Å². The second-order valence-electron chi connectivity index (χ2n) is 6.25. The van der Waals surface area contributed by atoms with E-state index < -0.39 is 0 Å². The zero-order chi connectivity index (χ0) is 16.8. The minimum Gasteiger partial charge on any atom is -0.496 e. The summed E-state index contributed by atoms with van der Waals surface area (Å²) in [5, 5.41) is 0. The van der Waals surface area contributed by atoms with Crippen LogP contribution >= 0.6 is 0 Å². The minimum atomic E-state index is 0.528. The van der Waals surface area contributed by atoms with E-state index in [1.807, 2.05) is 18.2 Å². The van der Waals surface area contributed by atoms with Crippen LogP contribution in [0.2, 0.25) is 0 Å². The number of methoxy groups -OCH3 is 2. The van der Waals surface area contributed by atoms with E-state index in [4.69, 9.17) is 9.47 Å². The highest BCUT2D eigenvalue weighted by atomic mass is 16.5. The number of benzene rings is 1. The maximum atomic E-state index is 5.47. The van der Waals surface area contributed by atoms with Gasteiger partial charge in [-0.15, -0.1) is 0 Å². The normalized spacial score (nSPS) is 15.5. The van der Waals surface area contributed by atoms with Crippen LogP contribution in [0.3, 0.4) is 0 Å². The van der Waals surface area contributed by atoms with Crippen molar-refractivity contribution < 1.29 is 9.47 Å². The van der Waals surface area contributed by atoms with Crippen molar-refractivity contribution in [2.75, 3.05) is 32.2 Å². The SMILES string of the molecule is COCc1cc(N2CCC(Cc3ccccc3OC)CC2)ncn1. The average Bonchev–Trinajstić information content (AvgIpc) is 2.63. The maximum absolute atomic E-state index is 5.47. The van der Waals surface area contributed by atoms with Gasteiger partial charge in [0.1, 0.15) is 17.9 Å². The lowest BCUT2D eigenvalue weighted by Gasteiger charge is -2.33. The fourth-order valence-corrected chi connectivity index (χ4v) is 3.33. The van der Waals surface area contributed by atoms with Crippen LogP contribution in [0.15, 0.2) is 36.7 Å². The Balaban J connectivity index is 1.58. The van der Waals surface area contributed by atoms with Crippen molar-refractivity contribution in [3.05, 3.63) is 47.9 Å². The molecule has 0 spiro atoms. The van der Waals surface area contributed by atoms with Gasteiger partial charge < -0.3 is 14.4 Å². The number of hydrogen-bond donors (Lipinski definition) is 0. The van der Waals surface area contributed by atoms with E-state index in [-0.39, 0.29) is 0 Å². The molecule has 0 amide bonds. The molecule has 0 atom stereocenters. The molecule has 0 saturated carbocycles. The number of piperidine rings is 1. The Labute approximate surface area is 143 Å². The van der Waals surface area contributed by atoms with Crippen LogP contribution in [0.25, 0.3) is 0 Å². The summed E-state index contributed by atoms with van der Waals surface area (Å²) in [5.41, 5.74) is 2.24. The number of hydrogen-bond acceptors (Lipinski definition) is 5. The lowest BCUT2D eigenvalue weighted by atomic mass is 9.90. The van der Waals surface area contributed by atoms with Crippen LogP contribution < -0.4 is 9.64 Å². The van der Waals surface area contributed by atoms with Crippen molar-refractivity contribution in [1.82, 2.24) is 9.97 Å². The van der Waals surface area contributed by atoms with Crippen molar-refractivity contribution >= 4 is 5.82 Å². The molecule has 2 aromatic rings. The summed E-state index contributed by atoms with van der Waals surface area (Å²) in [5.74, 6) is 2.70. The van der Waals surface area contributed by atoms with Gasteiger partial charge in [-0.05, 0) is 36.8 Å². The Morgan fingerprint density at radius 1 is 1.12 bits per heavy atom. The van der Waals surface area contributed by atoms with Crippen molar-refractivity contribution in [3.8, 4) is 5.75 Å². The molecule has 0 unspecified atom stereocenters. The number of aromatic nitrogens is 2. The number of nitrogens with zero attached hydrogens (tertiary/aromatic N) is 3. The minimum absolute atomic E-state index is 0.528. The number of rotatable bonds is 6. The lowest BCUT2D eigenvalue weighted by Crippen LogP contribution is -2.35. The third-order valence-electron chi connectivity index (χ3n) is 4.64. The predicted octanol–water partition coefficient (Wildman–Crippen LogP) is 3.09. The van der Waals surface area contributed by atoms with Gasteiger partial charge in [0.25, 0.3) is 0 Å². The Kier molecular flexibility index (Phi) is 5.64. The molecule has 1 aliphatic heterocycles. The molecule has 0 N–H and O–H groups in total. The molecule has 1 fully saturated rings. The summed E-state index contributed by atoms with van der Waals surface area (Å²) in [4.78, 5) is 11.0. The van der Waals surface area contributed by atoms with Gasteiger partial charge >= 0.3 is 0 Å². The van der Waals surface area contributed by atoms with Gasteiger partial charge in [0.15, 0.2) is 0 Å². The van der Waals surface area contributed by atoms with Crippen molar-refractivity contribution in [1.29, 1.82) is 0 Å². The summed E-state index contributed by atoms with van der Waals surface area (Å²) in [6, 6.07) is 10.4. The number of ether oxygens (including phenoxy) is 2. The van der Waals surface area contributed by atoms with E-state index in [0.717, 1.165) is 36.8 Å². The molecule has 1 saturated heterocycles. The molecule has 1 aromatic carbocycles. The lowest BCUT2D eigenvalue weighted by molar-refractivity contribution is 0.181. The summed E-state index contributed by atoms with van der Waals surface area (Å²) < 4.78 is 10.6. The van der Waals surface area contributed by atoms with Crippen LogP contribution in [-0.4, -0.2) is 37.3 Å². The third kappa shape index (κ3) is 4.03. The van der Waals surface area contributed by atoms with Crippen LogP contribution in [0, 0.1) is 5.92 Å². The molecule has 24 heavy (non-hydrogen) atoms. The van der Waals surface area contributed by atoms with Crippen LogP contribution in [-0.2, 0) is 17.8 Å².